The number of ether oxygens (including phenoxy) is 1. The fraction of sp³-hybridized carbons (Fsp3) is 0.273. The molecule has 0 aromatic heterocycles. The van der Waals surface area contributed by atoms with E-state index in [0.29, 0.717) is 20.4 Å². The average Bonchev–Trinajstić information content (AvgIpc) is 2.38. The summed E-state index contributed by atoms with van der Waals surface area (Å²) in [6.07, 6.45) is 0. The van der Waals surface area contributed by atoms with Gasteiger partial charge in [-0.3, -0.25) is 0 Å². The number of carboxylic acids is 1. The summed E-state index contributed by atoms with van der Waals surface area (Å²) in [5.74, 6) is -0.824. The molecular weight excluding hydrogens is 400 g/mol. The van der Waals surface area contributed by atoms with Gasteiger partial charge in [-0.15, -0.1) is 0 Å². The number of hydrogen-bond acceptors (Lipinski definition) is 4. The first kappa shape index (κ1) is 16.7. The molecule has 1 atom stereocenters. The van der Waals surface area contributed by atoms with Gasteiger partial charge >= 0.3 is 12.0 Å². The van der Waals surface area contributed by atoms with Gasteiger partial charge < -0.3 is 25.6 Å². The molecule has 2 amide bonds. The number of aliphatic carboxylic acids is 1. The van der Waals surface area contributed by atoms with Crippen LogP contribution in [0.15, 0.2) is 21.1 Å². The van der Waals surface area contributed by atoms with Crippen LogP contribution in [0.4, 0.5) is 10.5 Å². The van der Waals surface area contributed by atoms with E-state index in [1.54, 1.807) is 12.1 Å². The van der Waals surface area contributed by atoms with Crippen molar-refractivity contribution in [2.24, 2.45) is 0 Å². The van der Waals surface area contributed by atoms with Crippen molar-refractivity contribution in [1.82, 2.24) is 5.32 Å². The molecule has 7 nitrogen and oxygen atoms in total. The molecule has 0 heterocycles. The van der Waals surface area contributed by atoms with Gasteiger partial charge in [0.2, 0.25) is 0 Å². The summed E-state index contributed by atoms with van der Waals surface area (Å²) in [5.41, 5.74) is 0.393. The Bertz CT molecular complexity index is 524. The van der Waals surface area contributed by atoms with Crippen LogP contribution < -0.4 is 15.4 Å². The number of amides is 2. The van der Waals surface area contributed by atoms with Crippen molar-refractivity contribution >= 4 is 49.5 Å². The minimum atomic E-state index is -1.37. The van der Waals surface area contributed by atoms with E-state index in [2.05, 4.69) is 42.5 Å². The monoisotopic (exact) mass is 410 g/mol. The number of methoxy groups -OCH3 is 1. The number of halogens is 2. The largest absolute Gasteiger partial charge is 0.495 e. The fourth-order valence-electron chi connectivity index (χ4n) is 1.28. The predicted octanol–water partition coefficient (Wildman–Crippen LogP) is 1.79. The van der Waals surface area contributed by atoms with Crippen LogP contribution in [-0.4, -0.2) is 42.0 Å². The maximum Gasteiger partial charge on any atom is 0.328 e. The number of rotatable bonds is 5. The van der Waals surface area contributed by atoms with Crippen LogP contribution in [0.1, 0.15) is 0 Å². The molecule has 0 aliphatic carbocycles. The van der Waals surface area contributed by atoms with E-state index in [0.717, 1.165) is 0 Å². The number of carbonyl (C=O) groups excluding carboxylic acids is 1. The molecule has 1 rings (SSSR count). The first-order valence-electron chi connectivity index (χ1n) is 5.33. The molecule has 0 aliphatic heterocycles. The first-order valence-corrected chi connectivity index (χ1v) is 6.91. The van der Waals surface area contributed by atoms with Crippen LogP contribution in [0.5, 0.6) is 5.75 Å². The van der Waals surface area contributed by atoms with E-state index in [9.17, 15) is 9.59 Å². The van der Waals surface area contributed by atoms with Gasteiger partial charge in [0.15, 0.2) is 6.04 Å². The second-order valence-electron chi connectivity index (χ2n) is 3.64. The van der Waals surface area contributed by atoms with E-state index >= 15 is 0 Å². The van der Waals surface area contributed by atoms with Gasteiger partial charge in [-0.1, -0.05) is 0 Å². The highest BCUT2D eigenvalue weighted by Crippen LogP contribution is 2.34. The zero-order chi connectivity index (χ0) is 15.3. The summed E-state index contributed by atoms with van der Waals surface area (Å²) in [4.78, 5) is 22.3. The standard InChI is InChI=1S/C11H12Br2N2O5/c1-20-9-3-7(5(12)2-6(9)13)14-11(19)15-8(4-16)10(17)18/h2-3,8,16H,4H2,1H3,(H,17,18)(H2,14,15,19). The Morgan fingerprint density at radius 3 is 2.50 bits per heavy atom. The van der Waals surface area contributed by atoms with Crippen molar-refractivity contribution in [1.29, 1.82) is 0 Å². The molecule has 1 aromatic carbocycles. The van der Waals surface area contributed by atoms with Gasteiger partial charge in [-0.05, 0) is 37.9 Å². The van der Waals surface area contributed by atoms with Crippen molar-refractivity contribution in [2.45, 2.75) is 6.04 Å². The summed E-state index contributed by atoms with van der Waals surface area (Å²) in [5, 5.41) is 22.1. The van der Waals surface area contributed by atoms with Gasteiger partial charge in [0.1, 0.15) is 5.75 Å². The van der Waals surface area contributed by atoms with Crippen LogP contribution in [0.25, 0.3) is 0 Å². The molecule has 1 unspecified atom stereocenters. The summed E-state index contributed by atoms with van der Waals surface area (Å²) in [6.45, 7) is -0.701. The highest BCUT2D eigenvalue weighted by molar-refractivity contribution is 9.11. The van der Waals surface area contributed by atoms with Crippen molar-refractivity contribution in [3.05, 3.63) is 21.1 Å². The molecule has 0 saturated carbocycles. The number of urea groups is 1. The second-order valence-corrected chi connectivity index (χ2v) is 5.35. The normalized spacial score (nSPS) is 11.6. The lowest BCUT2D eigenvalue weighted by molar-refractivity contribution is -0.140. The average molecular weight is 412 g/mol. The molecule has 110 valence electrons. The van der Waals surface area contributed by atoms with E-state index in [4.69, 9.17) is 14.9 Å². The maximum absolute atomic E-state index is 11.7. The van der Waals surface area contributed by atoms with Crippen LogP contribution >= 0.6 is 31.9 Å². The minimum Gasteiger partial charge on any atom is -0.495 e. The fourth-order valence-corrected chi connectivity index (χ4v) is 2.54. The molecular formula is C11H12Br2N2O5. The lowest BCUT2D eigenvalue weighted by Crippen LogP contribution is -2.45. The third kappa shape index (κ3) is 4.36. The van der Waals surface area contributed by atoms with Gasteiger partial charge in [0.05, 0.1) is 23.9 Å². The Balaban J connectivity index is 2.83. The molecule has 0 spiro atoms. The molecule has 0 bridgehead atoms. The zero-order valence-electron chi connectivity index (χ0n) is 10.3. The van der Waals surface area contributed by atoms with E-state index in [-0.39, 0.29) is 0 Å². The van der Waals surface area contributed by atoms with Crippen molar-refractivity contribution < 1.29 is 24.5 Å². The maximum atomic E-state index is 11.7. The smallest absolute Gasteiger partial charge is 0.328 e. The summed E-state index contributed by atoms with van der Waals surface area (Å²) in [6, 6.07) is 1.11. The van der Waals surface area contributed by atoms with Gasteiger partial charge in [-0.2, -0.15) is 0 Å². The Kier molecular flexibility index (Phi) is 6.24. The number of aliphatic hydroxyl groups excluding tert-OH is 1. The zero-order valence-corrected chi connectivity index (χ0v) is 13.5. The predicted molar refractivity (Wildman–Crippen MR) is 79.1 cm³/mol. The van der Waals surface area contributed by atoms with Crippen LogP contribution in [0.2, 0.25) is 0 Å². The van der Waals surface area contributed by atoms with Crippen LogP contribution in [0, 0.1) is 0 Å². The molecule has 0 aliphatic rings. The third-order valence-corrected chi connectivity index (χ3v) is 3.55. The van der Waals surface area contributed by atoms with Gasteiger partial charge in [0.25, 0.3) is 0 Å². The van der Waals surface area contributed by atoms with Crippen LogP contribution in [0.3, 0.4) is 0 Å². The number of carbonyl (C=O) groups is 2. The molecule has 9 heteroatoms. The number of aliphatic hydroxyl groups is 1. The van der Waals surface area contributed by atoms with Gasteiger partial charge in [-0.25, -0.2) is 9.59 Å². The summed E-state index contributed by atoms with van der Waals surface area (Å²) < 4.78 is 6.36. The third-order valence-electron chi connectivity index (χ3n) is 2.28. The lowest BCUT2D eigenvalue weighted by Gasteiger charge is -2.14. The Labute approximate surface area is 131 Å². The molecule has 0 saturated heterocycles. The van der Waals surface area contributed by atoms with Crippen molar-refractivity contribution in [2.75, 3.05) is 19.0 Å². The Hall–Kier alpha value is -1.32. The van der Waals surface area contributed by atoms with E-state index < -0.39 is 24.6 Å². The number of anilines is 1. The Morgan fingerprint density at radius 2 is 2.00 bits per heavy atom. The molecule has 0 fully saturated rings. The molecule has 1 aromatic rings. The minimum absolute atomic E-state index is 0.393. The highest BCUT2D eigenvalue weighted by atomic mass is 79.9. The van der Waals surface area contributed by atoms with Crippen LogP contribution in [-0.2, 0) is 4.79 Å². The van der Waals surface area contributed by atoms with Crippen molar-refractivity contribution in [3.63, 3.8) is 0 Å². The summed E-state index contributed by atoms with van der Waals surface area (Å²) >= 11 is 6.54. The SMILES string of the molecule is COc1cc(NC(=O)NC(CO)C(=O)O)c(Br)cc1Br. The summed E-state index contributed by atoms with van der Waals surface area (Å²) in [7, 11) is 1.48. The molecule has 20 heavy (non-hydrogen) atoms. The topological polar surface area (TPSA) is 108 Å². The number of benzene rings is 1. The molecule has 0 radical (unpaired) electrons. The Morgan fingerprint density at radius 1 is 1.35 bits per heavy atom. The molecule has 4 N–H and O–H groups in total. The quantitative estimate of drug-likeness (QED) is 0.590. The first-order chi connectivity index (χ1) is 9.38. The number of hydrogen-bond donors (Lipinski definition) is 4. The second kappa shape index (κ2) is 7.46. The van der Waals surface area contributed by atoms with Gasteiger partial charge in [0, 0.05) is 10.5 Å². The van der Waals surface area contributed by atoms with E-state index in [1.165, 1.54) is 7.11 Å². The van der Waals surface area contributed by atoms with E-state index in [1.807, 2.05) is 0 Å². The van der Waals surface area contributed by atoms with Crippen molar-refractivity contribution in [3.8, 4) is 5.75 Å². The highest BCUT2D eigenvalue weighted by Gasteiger charge is 2.19. The lowest BCUT2D eigenvalue weighted by atomic mass is 10.3. The number of carboxylic acid groups (broad SMARTS) is 1. The number of nitrogens with one attached hydrogen (secondary N) is 2.